The van der Waals surface area contributed by atoms with Crippen LogP contribution in [0.2, 0.25) is 0 Å². The molecule has 0 saturated carbocycles. The molecule has 10 heteroatoms. The van der Waals surface area contributed by atoms with Crippen LogP contribution in [0.15, 0.2) is 17.1 Å². The van der Waals surface area contributed by atoms with Gasteiger partial charge in [0.1, 0.15) is 18.3 Å². The van der Waals surface area contributed by atoms with E-state index in [0.717, 1.165) is 11.1 Å². The number of benzene rings is 1. The summed E-state index contributed by atoms with van der Waals surface area (Å²) < 4.78 is 1.32. The standard InChI is InChI=1S/C17H22N4O6/c1-8-3-10-11(4-9(8)2)21(5-12(24)15(26)13(25)6-22)17(19-7-23)14(20-10)16(18)27/h3-4,7,12-13,15,22,24-26H,5-6H2,1-2H3,(H2,18,27). The molecule has 2 amide bonds. The average molecular weight is 378 g/mol. The van der Waals surface area contributed by atoms with Crippen molar-refractivity contribution < 1.29 is 30.0 Å². The molecule has 3 atom stereocenters. The van der Waals surface area contributed by atoms with Crippen molar-refractivity contribution in [1.29, 1.82) is 0 Å². The number of aryl methyl sites for hydroxylation is 2. The molecule has 1 aromatic carbocycles. The summed E-state index contributed by atoms with van der Waals surface area (Å²) in [6, 6.07) is 3.44. The fraction of sp³-hybridized carbons (Fsp3) is 0.412. The van der Waals surface area contributed by atoms with Crippen LogP contribution in [-0.4, -0.2) is 67.2 Å². The second-order valence-electron chi connectivity index (χ2n) is 6.23. The van der Waals surface area contributed by atoms with Crippen molar-refractivity contribution in [3.05, 3.63) is 34.4 Å². The molecular formula is C17H22N4O6. The summed E-state index contributed by atoms with van der Waals surface area (Å²) in [6.07, 6.45) is -4.57. The molecule has 10 nitrogen and oxygen atoms in total. The molecule has 1 aromatic heterocycles. The SMILES string of the molecule is Cc1cc2nc(C(N)=O)c(=NC=O)n(CC(O)C(O)C(O)CO)c2cc1C. The largest absolute Gasteiger partial charge is 0.394 e. The maximum Gasteiger partial charge on any atom is 0.271 e. The van der Waals surface area contributed by atoms with Crippen LogP contribution in [0.4, 0.5) is 0 Å². The van der Waals surface area contributed by atoms with E-state index >= 15 is 0 Å². The van der Waals surface area contributed by atoms with Crippen molar-refractivity contribution >= 4 is 23.4 Å². The minimum Gasteiger partial charge on any atom is -0.394 e. The first-order valence-corrected chi connectivity index (χ1v) is 8.15. The molecule has 2 rings (SSSR count). The lowest BCUT2D eigenvalue weighted by atomic mass is 10.1. The van der Waals surface area contributed by atoms with Gasteiger partial charge in [-0.2, -0.15) is 4.99 Å². The first-order valence-electron chi connectivity index (χ1n) is 8.15. The molecule has 146 valence electrons. The van der Waals surface area contributed by atoms with Gasteiger partial charge in [-0.1, -0.05) is 0 Å². The van der Waals surface area contributed by atoms with Crippen molar-refractivity contribution in [2.75, 3.05) is 6.61 Å². The third-order valence-electron chi connectivity index (χ3n) is 4.33. The lowest BCUT2D eigenvalue weighted by Crippen LogP contribution is -2.44. The fourth-order valence-corrected chi connectivity index (χ4v) is 2.69. The molecule has 0 fully saturated rings. The molecule has 3 unspecified atom stereocenters. The van der Waals surface area contributed by atoms with Crippen LogP contribution < -0.4 is 11.2 Å². The zero-order chi connectivity index (χ0) is 20.3. The van der Waals surface area contributed by atoms with E-state index in [1.165, 1.54) is 4.57 Å². The van der Waals surface area contributed by atoms with Crippen LogP contribution in [0.5, 0.6) is 0 Å². The topological polar surface area (TPSA) is 171 Å². The Morgan fingerprint density at radius 3 is 2.44 bits per heavy atom. The number of carbonyl (C=O) groups is 2. The van der Waals surface area contributed by atoms with Crippen molar-refractivity contribution in [1.82, 2.24) is 9.55 Å². The van der Waals surface area contributed by atoms with Crippen LogP contribution in [0.25, 0.3) is 11.0 Å². The molecule has 0 bridgehead atoms. The summed E-state index contributed by atoms with van der Waals surface area (Å²) in [4.78, 5) is 30.6. The Bertz CT molecular complexity index is 939. The van der Waals surface area contributed by atoms with E-state index in [1.807, 2.05) is 13.8 Å². The average Bonchev–Trinajstić information content (AvgIpc) is 2.63. The molecule has 0 spiro atoms. The summed E-state index contributed by atoms with van der Waals surface area (Å²) in [5.41, 5.74) is 7.49. The lowest BCUT2D eigenvalue weighted by molar-refractivity contribution is -0.107. The maximum atomic E-state index is 11.8. The number of nitrogens with two attached hydrogens (primary N) is 1. The molecule has 0 saturated heterocycles. The minimum absolute atomic E-state index is 0.182. The van der Waals surface area contributed by atoms with Crippen molar-refractivity contribution in [3.8, 4) is 0 Å². The summed E-state index contributed by atoms with van der Waals surface area (Å²) in [6.45, 7) is 2.60. The Labute approximate surface area is 154 Å². The molecule has 0 aliphatic rings. The fourth-order valence-electron chi connectivity index (χ4n) is 2.69. The van der Waals surface area contributed by atoms with E-state index in [9.17, 15) is 24.9 Å². The smallest absolute Gasteiger partial charge is 0.271 e. The van der Waals surface area contributed by atoms with Gasteiger partial charge in [0, 0.05) is 0 Å². The Morgan fingerprint density at radius 2 is 1.89 bits per heavy atom. The Morgan fingerprint density at radius 1 is 1.26 bits per heavy atom. The van der Waals surface area contributed by atoms with Crippen LogP contribution in [-0.2, 0) is 11.3 Å². The van der Waals surface area contributed by atoms with Gasteiger partial charge in [0.05, 0.1) is 24.2 Å². The van der Waals surface area contributed by atoms with E-state index in [0.29, 0.717) is 11.0 Å². The van der Waals surface area contributed by atoms with Crippen LogP contribution in [0, 0.1) is 13.8 Å². The molecular weight excluding hydrogens is 356 g/mol. The van der Waals surface area contributed by atoms with E-state index in [2.05, 4.69) is 9.98 Å². The number of rotatable bonds is 7. The summed E-state index contributed by atoms with van der Waals surface area (Å²) in [7, 11) is 0. The quantitative estimate of drug-likeness (QED) is 0.343. The molecule has 0 aliphatic heterocycles. The van der Waals surface area contributed by atoms with Gasteiger partial charge in [-0.05, 0) is 37.1 Å². The van der Waals surface area contributed by atoms with E-state index in [4.69, 9.17) is 10.8 Å². The second kappa shape index (κ2) is 8.35. The second-order valence-corrected chi connectivity index (χ2v) is 6.23. The van der Waals surface area contributed by atoms with Crippen molar-refractivity contribution in [3.63, 3.8) is 0 Å². The number of aliphatic hydroxyl groups is 4. The number of hydrogen-bond acceptors (Lipinski definition) is 7. The van der Waals surface area contributed by atoms with Gasteiger partial charge in [0.25, 0.3) is 5.91 Å². The van der Waals surface area contributed by atoms with Gasteiger partial charge in [0.2, 0.25) is 6.41 Å². The van der Waals surface area contributed by atoms with Gasteiger partial charge in [0.15, 0.2) is 11.2 Å². The summed E-state index contributed by atoms with van der Waals surface area (Å²) in [5, 5.41) is 38.7. The molecule has 27 heavy (non-hydrogen) atoms. The van der Waals surface area contributed by atoms with Gasteiger partial charge < -0.3 is 30.7 Å². The number of carbonyl (C=O) groups excluding carboxylic acids is 2. The van der Waals surface area contributed by atoms with Gasteiger partial charge >= 0.3 is 0 Å². The van der Waals surface area contributed by atoms with Crippen molar-refractivity contribution in [2.24, 2.45) is 10.7 Å². The molecule has 1 heterocycles. The zero-order valence-electron chi connectivity index (χ0n) is 14.9. The number of primary amides is 1. The predicted octanol–water partition coefficient (Wildman–Crippen LogP) is -2.12. The normalized spacial score (nSPS) is 15.6. The van der Waals surface area contributed by atoms with Crippen LogP contribution in [0.3, 0.4) is 0 Å². The third kappa shape index (κ3) is 4.19. The first-order chi connectivity index (χ1) is 12.7. The number of fused-ring (bicyclic) bond motifs is 1. The number of aromatic nitrogens is 2. The number of aliphatic hydroxyl groups excluding tert-OH is 4. The Hall–Kier alpha value is -2.66. The molecule has 0 radical (unpaired) electrons. The van der Waals surface area contributed by atoms with Crippen molar-refractivity contribution in [2.45, 2.75) is 38.7 Å². The van der Waals surface area contributed by atoms with E-state index in [1.54, 1.807) is 12.1 Å². The van der Waals surface area contributed by atoms with Gasteiger partial charge in [-0.3, -0.25) is 9.59 Å². The highest BCUT2D eigenvalue weighted by molar-refractivity contribution is 5.92. The predicted molar refractivity (Wildman–Crippen MR) is 94.5 cm³/mol. The minimum atomic E-state index is -1.67. The lowest BCUT2D eigenvalue weighted by Gasteiger charge is -2.24. The van der Waals surface area contributed by atoms with Crippen LogP contribution >= 0.6 is 0 Å². The molecule has 0 aliphatic carbocycles. The monoisotopic (exact) mass is 378 g/mol. The van der Waals surface area contributed by atoms with Crippen LogP contribution in [0.1, 0.15) is 21.6 Å². The highest BCUT2D eigenvalue weighted by Crippen LogP contribution is 2.18. The highest BCUT2D eigenvalue weighted by Gasteiger charge is 2.26. The first kappa shape index (κ1) is 20.6. The Kier molecular flexibility index (Phi) is 6.39. The highest BCUT2D eigenvalue weighted by atomic mass is 16.4. The third-order valence-corrected chi connectivity index (χ3v) is 4.33. The van der Waals surface area contributed by atoms with Gasteiger partial charge in [-0.25, -0.2) is 4.98 Å². The molecule has 6 N–H and O–H groups in total. The van der Waals surface area contributed by atoms with E-state index < -0.39 is 30.8 Å². The summed E-state index contributed by atoms with van der Waals surface area (Å²) in [5.74, 6) is -0.921. The number of hydrogen-bond donors (Lipinski definition) is 5. The van der Waals surface area contributed by atoms with Gasteiger partial charge in [-0.15, -0.1) is 0 Å². The number of amides is 2. The molecule has 2 aromatic rings. The summed E-state index contributed by atoms with van der Waals surface area (Å²) >= 11 is 0. The zero-order valence-corrected chi connectivity index (χ0v) is 14.9. The van der Waals surface area contributed by atoms with E-state index in [-0.39, 0.29) is 24.1 Å². The number of nitrogens with zero attached hydrogens (tertiary/aromatic N) is 3. The maximum absolute atomic E-state index is 11.8. The Balaban J connectivity index is 2.78.